The first-order chi connectivity index (χ1) is 14.1. The second kappa shape index (κ2) is 6.99. The van der Waals surface area contributed by atoms with Crippen LogP contribution in [0, 0.1) is 5.92 Å². The lowest BCUT2D eigenvalue weighted by Crippen LogP contribution is -2.37. The highest BCUT2D eigenvalue weighted by molar-refractivity contribution is 6.06. The van der Waals surface area contributed by atoms with Gasteiger partial charge in [-0.2, -0.15) is 5.10 Å². The van der Waals surface area contributed by atoms with Crippen LogP contribution in [0.15, 0.2) is 47.8 Å². The van der Waals surface area contributed by atoms with Gasteiger partial charge in [0.2, 0.25) is 5.91 Å². The first-order valence-electron chi connectivity index (χ1n) is 10.1. The maximum Gasteiger partial charge on any atom is 0.322 e. The number of pyridine rings is 1. The molecular formula is C22H23N5O2. The smallest absolute Gasteiger partial charge is 0.316 e. The second-order valence-electron chi connectivity index (χ2n) is 8.07. The molecule has 1 aromatic heterocycles. The van der Waals surface area contributed by atoms with Crippen LogP contribution in [-0.2, 0) is 17.9 Å². The van der Waals surface area contributed by atoms with Crippen LogP contribution in [0.2, 0.25) is 0 Å². The van der Waals surface area contributed by atoms with Crippen molar-refractivity contribution >= 4 is 23.3 Å². The minimum absolute atomic E-state index is 0.0923. The number of fused-ring (bicyclic) bond motifs is 1. The number of urea groups is 1. The van der Waals surface area contributed by atoms with Crippen LogP contribution in [0.1, 0.15) is 42.9 Å². The van der Waals surface area contributed by atoms with E-state index in [1.165, 1.54) is 0 Å². The molecule has 3 heterocycles. The van der Waals surface area contributed by atoms with Crippen LogP contribution in [0.5, 0.6) is 0 Å². The number of hydrogen-bond donors (Lipinski definition) is 1. The van der Waals surface area contributed by atoms with Gasteiger partial charge in [-0.1, -0.05) is 19.1 Å². The summed E-state index contributed by atoms with van der Waals surface area (Å²) in [5.41, 5.74) is 4.92. The van der Waals surface area contributed by atoms with Crippen LogP contribution < -0.4 is 5.32 Å². The zero-order valence-corrected chi connectivity index (χ0v) is 16.3. The Morgan fingerprint density at radius 2 is 1.86 bits per heavy atom. The Bertz CT molecular complexity index is 972. The quantitative estimate of drug-likeness (QED) is 0.874. The van der Waals surface area contributed by atoms with Gasteiger partial charge in [0.25, 0.3) is 0 Å². The van der Waals surface area contributed by atoms with E-state index in [0.29, 0.717) is 19.5 Å². The van der Waals surface area contributed by atoms with Gasteiger partial charge >= 0.3 is 6.03 Å². The molecule has 1 N–H and O–H groups in total. The minimum atomic E-state index is -0.122. The maximum atomic E-state index is 12.6. The lowest BCUT2D eigenvalue weighted by atomic mass is 9.93. The summed E-state index contributed by atoms with van der Waals surface area (Å²) in [5.74, 6) is 0.212. The summed E-state index contributed by atoms with van der Waals surface area (Å²) in [4.78, 5) is 30.7. The molecule has 29 heavy (non-hydrogen) atoms. The fourth-order valence-corrected chi connectivity index (χ4v) is 3.96. The first-order valence-corrected chi connectivity index (χ1v) is 10.1. The molecule has 0 radical (unpaired) electrons. The highest BCUT2D eigenvalue weighted by Gasteiger charge is 2.37. The molecule has 0 spiro atoms. The standard InChI is InChI=1S/C22H23N5O2/c1-14-10-20(28)27(19-6-7-19)25-21(14)15-2-4-18(5-3-15)24-22(29)26-12-16-8-9-23-11-17(16)13-26/h2-5,8-9,11,14,19H,6-7,10,12-13H2,1H3,(H,24,29)/t14-/m1/s1. The molecule has 1 aliphatic carbocycles. The Kier molecular flexibility index (Phi) is 4.30. The van der Waals surface area contributed by atoms with Gasteiger partial charge < -0.3 is 10.2 Å². The molecule has 3 aliphatic rings. The summed E-state index contributed by atoms with van der Waals surface area (Å²) in [5, 5.41) is 9.29. The number of carbonyl (C=O) groups excluding carboxylic acids is 2. The largest absolute Gasteiger partial charge is 0.322 e. The van der Waals surface area contributed by atoms with Gasteiger partial charge in [0.15, 0.2) is 0 Å². The summed E-state index contributed by atoms with van der Waals surface area (Å²) < 4.78 is 0. The van der Waals surface area contributed by atoms with Gasteiger partial charge in [0, 0.05) is 43.5 Å². The van der Waals surface area contributed by atoms with Crippen molar-refractivity contribution in [2.45, 2.75) is 45.3 Å². The van der Waals surface area contributed by atoms with Crippen LogP contribution in [-0.4, -0.2) is 38.6 Å². The molecular weight excluding hydrogens is 366 g/mol. The van der Waals surface area contributed by atoms with Crippen molar-refractivity contribution in [3.63, 3.8) is 0 Å². The Balaban J connectivity index is 1.28. The number of carbonyl (C=O) groups is 2. The molecule has 2 aliphatic heterocycles. The van der Waals surface area contributed by atoms with E-state index in [2.05, 4.69) is 15.4 Å². The summed E-state index contributed by atoms with van der Waals surface area (Å²) in [6.07, 6.45) is 6.15. The minimum Gasteiger partial charge on any atom is -0.316 e. The zero-order chi connectivity index (χ0) is 20.0. The lowest BCUT2D eigenvalue weighted by molar-refractivity contribution is -0.133. The molecule has 1 fully saturated rings. The Morgan fingerprint density at radius 3 is 2.59 bits per heavy atom. The number of rotatable bonds is 3. The molecule has 2 aromatic rings. The average Bonchev–Trinajstić information content (AvgIpc) is 3.46. The summed E-state index contributed by atoms with van der Waals surface area (Å²) in [6, 6.07) is 9.84. The van der Waals surface area contributed by atoms with E-state index in [4.69, 9.17) is 0 Å². The van der Waals surface area contributed by atoms with Crippen molar-refractivity contribution in [3.05, 3.63) is 59.4 Å². The molecule has 1 atom stereocenters. The predicted octanol–water partition coefficient (Wildman–Crippen LogP) is 3.36. The van der Waals surface area contributed by atoms with Crippen LogP contribution in [0.4, 0.5) is 10.5 Å². The van der Waals surface area contributed by atoms with Crippen molar-refractivity contribution in [1.29, 1.82) is 0 Å². The van der Waals surface area contributed by atoms with E-state index in [0.717, 1.165) is 40.9 Å². The van der Waals surface area contributed by atoms with Gasteiger partial charge in [-0.25, -0.2) is 9.80 Å². The molecule has 7 heteroatoms. The van der Waals surface area contributed by atoms with E-state index in [9.17, 15) is 9.59 Å². The van der Waals surface area contributed by atoms with E-state index >= 15 is 0 Å². The number of nitrogens with zero attached hydrogens (tertiary/aromatic N) is 4. The molecule has 5 rings (SSSR count). The highest BCUT2D eigenvalue weighted by atomic mass is 16.2. The van der Waals surface area contributed by atoms with Crippen LogP contribution in [0.25, 0.3) is 0 Å². The molecule has 3 amide bonds. The molecule has 0 bridgehead atoms. The topological polar surface area (TPSA) is 77.9 Å². The summed E-state index contributed by atoms with van der Waals surface area (Å²) in [6.45, 7) is 3.21. The Hall–Kier alpha value is -3.22. The average molecular weight is 389 g/mol. The van der Waals surface area contributed by atoms with E-state index in [1.54, 1.807) is 16.1 Å². The first kappa shape index (κ1) is 17.8. The zero-order valence-electron chi connectivity index (χ0n) is 16.3. The van der Waals surface area contributed by atoms with Crippen molar-refractivity contribution < 1.29 is 9.59 Å². The normalized spacial score (nSPS) is 21.1. The number of benzene rings is 1. The molecule has 1 saturated carbocycles. The molecule has 0 saturated heterocycles. The fourth-order valence-electron chi connectivity index (χ4n) is 3.96. The van der Waals surface area contributed by atoms with E-state index < -0.39 is 0 Å². The van der Waals surface area contributed by atoms with Crippen molar-refractivity contribution in [1.82, 2.24) is 14.9 Å². The number of nitrogens with one attached hydrogen (secondary N) is 1. The highest BCUT2D eigenvalue weighted by Crippen LogP contribution is 2.32. The molecule has 148 valence electrons. The van der Waals surface area contributed by atoms with Gasteiger partial charge in [-0.05, 0) is 47.7 Å². The molecule has 0 unspecified atom stereocenters. The Morgan fingerprint density at radius 1 is 1.10 bits per heavy atom. The van der Waals surface area contributed by atoms with Gasteiger partial charge in [-0.15, -0.1) is 0 Å². The van der Waals surface area contributed by atoms with Gasteiger partial charge in [-0.3, -0.25) is 9.78 Å². The number of anilines is 1. The monoisotopic (exact) mass is 389 g/mol. The molecule has 1 aromatic carbocycles. The number of amides is 3. The Labute approximate surface area is 169 Å². The summed E-state index contributed by atoms with van der Waals surface area (Å²) in [7, 11) is 0. The van der Waals surface area contributed by atoms with Crippen LogP contribution in [0.3, 0.4) is 0 Å². The summed E-state index contributed by atoms with van der Waals surface area (Å²) >= 11 is 0. The van der Waals surface area contributed by atoms with Crippen LogP contribution >= 0.6 is 0 Å². The van der Waals surface area contributed by atoms with Crippen molar-refractivity contribution in [2.24, 2.45) is 11.0 Å². The fraction of sp³-hybridized carbons (Fsp3) is 0.364. The number of hydrogen-bond acceptors (Lipinski definition) is 4. The number of aromatic nitrogens is 1. The van der Waals surface area contributed by atoms with E-state index in [-0.39, 0.29) is 23.9 Å². The third-order valence-corrected chi connectivity index (χ3v) is 5.76. The van der Waals surface area contributed by atoms with Crippen molar-refractivity contribution in [2.75, 3.05) is 5.32 Å². The van der Waals surface area contributed by atoms with Crippen molar-refractivity contribution in [3.8, 4) is 0 Å². The molecule has 7 nitrogen and oxygen atoms in total. The van der Waals surface area contributed by atoms with E-state index in [1.807, 2.05) is 43.5 Å². The van der Waals surface area contributed by atoms with Gasteiger partial charge in [0.05, 0.1) is 11.8 Å². The lowest BCUT2D eigenvalue weighted by Gasteiger charge is -2.27. The SMILES string of the molecule is C[C@@H]1CC(=O)N(C2CC2)N=C1c1ccc(NC(=O)N2Cc3ccncc3C2)cc1. The predicted molar refractivity (Wildman–Crippen MR) is 109 cm³/mol. The third-order valence-electron chi connectivity index (χ3n) is 5.76. The third kappa shape index (κ3) is 3.48. The second-order valence-corrected chi connectivity index (χ2v) is 8.07. The number of hydrazone groups is 1. The van der Waals surface area contributed by atoms with Gasteiger partial charge in [0.1, 0.15) is 0 Å². The maximum absolute atomic E-state index is 12.6.